The highest BCUT2D eigenvalue weighted by molar-refractivity contribution is 7.92. The van der Waals surface area contributed by atoms with Crippen LogP contribution in [0, 0.1) is 5.92 Å². The summed E-state index contributed by atoms with van der Waals surface area (Å²) < 4.78 is 32.5. The molecule has 5 nitrogen and oxygen atoms in total. The van der Waals surface area contributed by atoms with Crippen molar-refractivity contribution < 1.29 is 12.9 Å². The highest BCUT2D eigenvalue weighted by Crippen LogP contribution is 2.25. The van der Waals surface area contributed by atoms with Gasteiger partial charge in [0.15, 0.2) is 5.82 Å². The molecule has 126 valence electrons. The minimum Gasteiger partial charge on any atom is -0.359 e. The Morgan fingerprint density at radius 2 is 1.78 bits per heavy atom. The fourth-order valence-corrected chi connectivity index (χ4v) is 3.13. The first-order chi connectivity index (χ1) is 10.6. The zero-order chi connectivity index (χ0) is 17.3. The highest BCUT2D eigenvalue weighted by atomic mass is 32.2. The first-order valence-electron chi connectivity index (χ1n) is 7.67. The molecule has 1 N–H and O–H groups in total. The summed E-state index contributed by atoms with van der Waals surface area (Å²) in [6.45, 7) is 10.2. The van der Waals surface area contributed by atoms with Crippen molar-refractivity contribution in [2.75, 3.05) is 4.72 Å². The van der Waals surface area contributed by atoms with Crippen LogP contribution in [-0.4, -0.2) is 13.6 Å². The molecular formula is C17H24N2O3S. The Morgan fingerprint density at radius 3 is 2.26 bits per heavy atom. The Hall–Kier alpha value is -1.82. The van der Waals surface area contributed by atoms with E-state index in [0.29, 0.717) is 11.7 Å². The molecule has 0 fully saturated rings. The van der Waals surface area contributed by atoms with Crippen molar-refractivity contribution in [2.24, 2.45) is 5.92 Å². The second-order valence-electron chi connectivity index (χ2n) is 7.17. The number of nitrogens with zero attached hydrogens (tertiary/aromatic N) is 1. The van der Waals surface area contributed by atoms with E-state index in [1.165, 1.54) is 0 Å². The molecule has 2 aromatic rings. The van der Waals surface area contributed by atoms with E-state index in [2.05, 4.69) is 23.7 Å². The topological polar surface area (TPSA) is 72.2 Å². The molecule has 0 saturated carbocycles. The molecule has 23 heavy (non-hydrogen) atoms. The Labute approximate surface area is 138 Å². The first-order valence-corrected chi connectivity index (χ1v) is 9.15. The summed E-state index contributed by atoms with van der Waals surface area (Å²) in [4.78, 5) is 0.213. The van der Waals surface area contributed by atoms with Crippen LogP contribution in [0.15, 0.2) is 39.8 Å². The van der Waals surface area contributed by atoms with Gasteiger partial charge in [-0.05, 0) is 30.0 Å². The first kappa shape index (κ1) is 17.5. The maximum absolute atomic E-state index is 12.4. The highest BCUT2D eigenvalue weighted by Gasteiger charge is 2.22. The van der Waals surface area contributed by atoms with E-state index in [4.69, 9.17) is 4.52 Å². The lowest BCUT2D eigenvalue weighted by Gasteiger charge is -2.12. The molecule has 1 aromatic heterocycles. The molecule has 2 rings (SSSR count). The fourth-order valence-electron chi connectivity index (χ4n) is 2.15. The van der Waals surface area contributed by atoms with Crippen molar-refractivity contribution in [3.63, 3.8) is 0 Å². The Morgan fingerprint density at radius 1 is 1.17 bits per heavy atom. The molecule has 1 heterocycles. The van der Waals surface area contributed by atoms with Crippen molar-refractivity contribution >= 4 is 15.8 Å². The van der Waals surface area contributed by atoms with Crippen LogP contribution in [0.2, 0.25) is 0 Å². The van der Waals surface area contributed by atoms with E-state index in [1.807, 2.05) is 32.9 Å². The van der Waals surface area contributed by atoms with E-state index in [1.54, 1.807) is 18.2 Å². The number of anilines is 1. The number of benzene rings is 1. The van der Waals surface area contributed by atoms with Gasteiger partial charge in [-0.25, -0.2) is 8.42 Å². The van der Waals surface area contributed by atoms with Crippen LogP contribution in [0.25, 0.3) is 0 Å². The van der Waals surface area contributed by atoms with E-state index in [9.17, 15) is 8.42 Å². The third-order valence-corrected chi connectivity index (χ3v) is 4.74. The van der Waals surface area contributed by atoms with Gasteiger partial charge in [0.1, 0.15) is 5.76 Å². The normalized spacial score (nSPS) is 12.6. The third-order valence-electron chi connectivity index (χ3n) is 3.37. The smallest absolute Gasteiger partial charge is 0.263 e. The summed E-state index contributed by atoms with van der Waals surface area (Å²) in [7, 11) is -3.66. The monoisotopic (exact) mass is 336 g/mol. The van der Waals surface area contributed by atoms with Crippen LogP contribution < -0.4 is 4.72 Å². The summed E-state index contributed by atoms with van der Waals surface area (Å²) in [5.74, 6) is 1.35. The Kier molecular flexibility index (Phi) is 4.84. The van der Waals surface area contributed by atoms with E-state index in [0.717, 1.165) is 12.0 Å². The molecule has 0 aliphatic carbocycles. The average molecular weight is 336 g/mol. The minimum atomic E-state index is -3.66. The maximum Gasteiger partial charge on any atom is 0.263 e. The maximum atomic E-state index is 12.4. The van der Waals surface area contributed by atoms with Crippen LogP contribution in [0.5, 0.6) is 0 Å². The number of hydrogen-bond donors (Lipinski definition) is 1. The summed E-state index contributed by atoms with van der Waals surface area (Å²) in [5, 5.41) is 3.78. The molecule has 0 atom stereocenters. The predicted octanol–water partition coefficient (Wildman–Crippen LogP) is 3.97. The molecule has 0 bridgehead atoms. The van der Waals surface area contributed by atoms with Gasteiger partial charge >= 0.3 is 0 Å². The van der Waals surface area contributed by atoms with Crippen molar-refractivity contribution in [3.05, 3.63) is 41.7 Å². The number of sulfonamides is 1. The molecule has 0 aliphatic rings. The lowest BCUT2D eigenvalue weighted by molar-refractivity contribution is 0.331. The standard InChI is InChI=1S/C17H24N2O3S/c1-12(2)10-13-6-8-14(9-7-13)23(20,21)19-16-11-15(22-18-16)17(3,4)5/h6-9,11-12H,10H2,1-5H3,(H,18,19). The van der Waals surface area contributed by atoms with Gasteiger partial charge in [0.2, 0.25) is 0 Å². The van der Waals surface area contributed by atoms with Gasteiger partial charge in [0, 0.05) is 11.5 Å². The van der Waals surface area contributed by atoms with Gasteiger partial charge in [0.05, 0.1) is 4.90 Å². The van der Waals surface area contributed by atoms with E-state index >= 15 is 0 Å². The molecular weight excluding hydrogens is 312 g/mol. The molecule has 6 heteroatoms. The SMILES string of the molecule is CC(C)Cc1ccc(S(=O)(=O)Nc2cc(C(C)(C)C)on2)cc1. The second kappa shape index (κ2) is 6.35. The van der Waals surface area contributed by atoms with Crippen LogP contribution in [0.3, 0.4) is 0 Å². The van der Waals surface area contributed by atoms with Gasteiger partial charge in [-0.3, -0.25) is 4.72 Å². The number of rotatable bonds is 5. The van der Waals surface area contributed by atoms with E-state index < -0.39 is 10.0 Å². The lowest BCUT2D eigenvalue weighted by atomic mass is 9.93. The molecule has 0 spiro atoms. The summed E-state index contributed by atoms with van der Waals surface area (Å²) in [6.07, 6.45) is 0.923. The van der Waals surface area contributed by atoms with Crippen molar-refractivity contribution in [1.29, 1.82) is 0 Å². The molecule has 0 radical (unpaired) electrons. The fraction of sp³-hybridized carbons (Fsp3) is 0.471. The van der Waals surface area contributed by atoms with Crippen LogP contribution in [0.1, 0.15) is 45.9 Å². The molecule has 0 saturated heterocycles. The van der Waals surface area contributed by atoms with Gasteiger partial charge < -0.3 is 4.52 Å². The zero-order valence-electron chi connectivity index (χ0n) is 14.3. The minimum absolute atomic E-state index is 0.196. The summed E-state index contributed by atoms with van der Waals surface area (Å²) >= 11 is 0. The summed E-state index contributed by atoms with van der Waals surface area (Å²) in [5.41, 5.74) is 0.894. The van der Waals surface area contributed by atoms with Crippen molar-refractivity contribution in [1.82, 2.24) is 5.16 Å². The zero-order valence-corrected chi connectivity index (χ0v) is 15.1. The quantitative estimate of drug-likeness (QED) is 0.896. The molecule has 0 unspecified atom stereocenters. The lowest BCUT2D eigenvalue weighted by Crippen LogP contribution is -2.13. The van der Waals surface area contributed by atoms with Gasteiger partial charge in [-0.1, -0.05) is 51.9 Å². The molecule has 0 aliphatic heterocycles. The third kappa shape index (κ3) is 4.58. The second-order valence-corrected chi connectivity index (χ2v) is 8.86. The molecule has 1 aromatic carbocycles. The van der Waals surface area contributed by atoms with Gasteiger partial charge in [-0.15, -0.1) is 0 Å². The van der Waals surface area contributed by atoms with E-state index in [-0.39, 0.29) is 16.1 Å². The number of nitrogens with one attached hydrogen (secondary N) is 1. The number of aromatic nitrogens is 1. The number of hydrogen-bond acceptors (Lipinski definition) is 4. The van der Waals surface area contributed by atoms with Gasteiger partial charge in [0.25, 0.3) is 10.0 Å². The largest absolute Gasteiger partial charge is 0.359 e. The Bertz CT molecular complexity index is 754. The van der Waals surface area contributed by atoms with Crippen LogP contribution >= 0.6 is 0 Å². The molecule has 0 amide bonds. The summed E-state index contributed by atoms with van der Waals surface area (Å²) in [6, 6.07) is 8.54. The predicted molar refractivity (Wildman–Crippen MR) is 91.0 cm³/mol. The van der Waals surface area contributed by atoms with Crippen LogP contribution in [-0.2, 0) is 21.9 Å². The van der Waals surface area contributed by atoms with Crippen molar-refractivity contribution in [3.8, 4) is 0 Å². The van der Waals surface area contributed by atoms with Gasteiger partial charge in [-0.2, -0.15) is 0 Å². The Balaban J connectivity index is 2.17. The average Bonchev–Trinajstić information content (AvgIpc) is 2.86. The van der Waals surface area contributed by atoms with Crippen LogP contribution in [0.4, 0.5) is 5.82 Å². The van der Waals surface area contributed by atoms with Crippen molar-refractivity contribution in [2.45, 2.75) is 51.3 Å².